The van der Waals surface area contributed by atoms with Gasteiger partial charge >= 0.3 is 0 Å². The number of hydrogen-bond donors (Lipinski definition) is 1. The molecular formula is C10H15NS. The van der Waals surface area contributed by atoms with Gasteiger partial charge in [-0.15, -0.1) is 11.8 Å². The summed E-state index contributed by atoms with van der Waals surface area (Å²) in [5, 5.41) is 0. The molecule has 0 unspecified atom stereocenters. The molecule has 1 aromatic carbocycles. The first-order valence-electron chi connectivity index (χ1n) is 4.11. The first kappa shape index (κ1) is 9.62. The smallest absolute Gasteiger partial charge is 0.00985 e. The fraction of sp³-hybridized carbons (Fsp3) is 0.400. The number of benzene rings is 1. The Balaban J connectivity index is 2.86. The molecule has 0 heterocycles. The zero-order valence-corrected chi connectivity index (χ0v) is 8.45. The summed E-state index contributed by atoms with van der Waals surface area (Å²) in [6.45, 7) is 2.88. The molecule has 1 nitrogen and oxygen atoms in total. The van der Waals surface area contributed by atoms with Crippen molar-refractivity contribution in [2.75, 3.05) is 12.8 Å². The van der Waals surface area contributed by atoms with E-state index >= 15 is 0 Å². The minimum Gasteiger partial charge on any atom is -0.330 e. The van der Waals surface area contributed by atoms with Gasteiger partial charge in [-0.1, -0.05) is 12.1 Å². The third kappa shape index (κ3) is 2.26. The summed E-state index contributed by atoms with van der Waals surface area (Å²) >= 11 is 1.79. The molecule has 0 aliphatic rings. The van der Waals surface area contributed by atoms with Crippen LogP contribution in [0, 0.1) is 6.92 Å². The van der Waals surface area contributed by atoms with E-state index in [4.69, 9.17) is 5.73 Å². The van der Waals surface area contributed by atoms with Crippen molar-refractivity contribution in [1.82, 2.24) is 0 Å². The van der Waals surface area contributed by atoms with Crippen molar-refractivity contribution in [2.24, 2.45) is 5.73 Å². The highest BCUT2D eigenvalue weighted by molar-refractivity contribution is 7.98. The molecule has 0 saturated heterocycles. The number of rotatable bonds is 3. The molecule has 2 N–H and O–H groups in total. The van der Waals surface area contributed by atoms with Crippen LogP contribution in [0.3, 0.4) is 0 Å². The van der Waals surface area contributed by atoms with Gasteiger partial charge in [0, 0.05) is 4.90 Å². The Labute approximate surface area is 78.4 Å². The Morgan fingerprint density at radius 3 is 2.67 bits per heavy atom. The van der Waals surface area contributed by atoms with E-state index in [2.05, 4.69) is 31.4 Å². The van der Waals surface area contributed by atoms with Crippen LogP contribution in [-0.2, 0) is 6.42 Å². The summed E-state index contributed by atoms with van der Waals surface area (Å²) in [6.07, 6.45) is 3.08. The summed E-state index contributed by atoms with van der Waals surface area (Å²) < 4.78 is 0. The number of thioether (sulfide) groups is 1. The van der Waals surface area contributed by atoms with Crippen molar-refractivity contribution in [2.45, 2.75) is 18.2 Å². The Morgan fingerprint density at radius 2 is 2.17 bits per heavy atom. The number of nitrogens with two attached hydrogens (primary N) is 1. The van der Waals surface area contributed by atoms with Crippen LogP contribution in [-0.4, -0.2) is 12.8 Å². The van der Waals surface area contributed by atoms with E-state index in [0.717, 1.165) is 13.0 Å². The van der Waals surface area contributed by atoms with Crippen molar-refractivity contribution >= 4 is 11.8 Å². The third-order valence-electron chi connectivity index (χ3n) is 1.89. The molecule has 0 amide bonds. The van der Waals surface area contributed by atoms with E-state index in [-0.39, 0.29) is 0 Å². The van der Waals surface area contributed by atoms with Gasteiger partial charge in [0.15, 0.2) is 0 Å². The van der Waals surface area contributed by atoms with Crippen LogP contribution in [0.2, 0.25) is 0 Å². The molecule has 0 spiro atoms. The van der Waals surface area contributed by atoms with Crippen molar-refractivity contribution in [3.63, 3.8) is 0 Å². The molecule has 0 aliphatic heterocycles. The molecule has 1 rings (SSSR count). The lowest BCUT2D eigenvalue weighted by molar-refractivity contribution is 0.963. The Hall–Kier alpha value is -0.470. The fourth-order valence-corrected chi connectivity index (χ4v) is 1.85. The molecule has 0 saturated carbocycles. The van der Waals surface area contributed by atoms with Crippen molar-refractivity contribution in [3.05, 3.63) is 29.3 Å². The van der Waals surface area contributed by atoms with Gasteiger partial charge in [-0.2, -0.15) is 0 Å². The zero-order valence-electron chi connectivity index (χ0n) is 7.63. The minimum absolute atomic E-state index is 0.734. The average molecular weight is 181 g/mol. The summed E-state index contributed by atoms with van der Waals surface area (Å²) in [5.74, 6) is 0. The van der Waals surface area contributed by atoms with Crippen molar-refractivity contribution in [3.8, 4) is 0 Å². The van der Waals surface area contributed by atoms with E-state index in [1.807, 2.05) is 0 Å². The minimum atomic E-state index is 0.734. The summed E-state index contributed by atoms with van der Waals surface area (Å²) in [4.78, 5) is 1.36. The van der Waals surface area contributed by atoms with Gasteiger partial charge in [-0.05, 0) is 43.3 Å². The molecule has 0 aromatic heterocycles. The highest BCUT2D eigenvalue weighted by atomic mass is 32.2. The highest BCUT2D eigenvalue weighted by Crippen LogP contribution is 2.20. The van der Waals surface area contributed by atoms with Crippen LogP contribution in [0.15, 0.2) is 23.1 Å². The summed E-state index contributed by atoms with van der Waals surface area (Å²) in [6, 6.07) is 6.55. The number of hydrogen-bond acceptors (Lipinski definition) is 2. The van der Waals surface area contributed by atoms with E-state index in [0.29, 0.717) is 0 Å². The average Bonchev–Trinajstić information content (AvgIpc) is 2.05. The standard InChI is InChI=1S/C10H15NS/c1-8-7-9(5-6-11)3-4-10(8)12-2/h3-4,7H,5-6,11H2,1-2H3. The van der Waals surface area contributed by atoms with Crippen LogP contribution in [0.25, 0.3) is 0 Å². The number of aryl methyl sites for hydroxylation is 1. The molecule has 0 bridgehead atoms. The molecule has 0 atom stereocenters. The molecule has 66 valence electrons. The molecular weight excluding hydrogens is 166 g/mol. The molecule has 1 aromatic rings. The summed E-state index contributed by atoms with van der Waals surface area (Å²) in [7, 11) is 0. The van der Waals surface area contributed by atoms with Crippen LogP contribution in [0.4, 0.5) is 0 Å². The van der Waals surface area contributed by atoms with E-state index in [1.54, 1.807) is 11.8 Å². The first-order chi connectivity index (χ1) is 5.77. The maximum Gasteiger partial charge on any atom is 0.00985 e. The van der Waals surface area contributed by atoms with Gasteiger partial charge in [0.05, 0.1) is 0 Å². The molecule has 2 heteroatoms. The Bertz CT molecular complexity index is 258. The lowest BCUT2D eigenvalue weighted by atomic mass is 10.1. The normalized spacial score (nSPS) is 10.2. The largest absolute Gasteiger partial charge is 0.330 e. The van der Waals surface area contributed by atoms with Crippen LogP contribution in [0.5, 0.6) is 0 Å². The van der Waals surface area contributed by atoms with Gasteiger partial charge in [0.2, 0.25) is 0 Å². The third-order valence-corrected chi connectivity index (χ3v) is 2.79. The molecule has 0 radical (unpaired) electrons. The quantitative estimate of drug-likeness (QED) is 0.724. The molecule has 0 aliphatic carbocycles. The zero-order chi connectivity index (χ0) is 8.97. The molecule has 12 heavy (non-hydrogen) atoms. The second-order valence-electron chi connectivity index (χ2n) is 2.84. The van der Waals surface area contributed by atoms with Gasteiger partial charge in [-0.3, -0.25) is 0 Å². The fourth-order valence-electron chi connectivity index (χ4n) is 1.26. The van der Waals surface area contributed by atoms with Crippen molar-refractivity contribution in [1.29, 1.82) is 0 Å². The van der Waals surface area contributed by atoms with Crippen LogP contribution < -0.4 is 5.73 Å². The topological polar surface area (TPSA) is 26.0 Å². The Morgan fingerprint density at radius 1 is 1.42 bits per heavy atom. The lowest BCUT2D eigenvalue weighted by Gasteiger charge is -2.04. The highest BCUT2D eigenvalue weighted by Gasteiger charge is 1.97. The van der Waals surface area contributed by atoms with Gasteiger partial charge < -0.3 is 5.73 Å². The SMILES string of the molecule is CSc1ccc(CCN)cc1C. The second-order valence-corrected chi connectivity index (χ2v) is 3.69. The van der Waals surface area contributed by atoms with E-state index < -0.39 is 0 Å². The maximum atomic E-state index is 5.48. The lowest BCUT2D eigenvalue weighted by Crippen LogP contribution is -2.02. The predicted octanol–water partition coefficient (Wildman–Crippen LogP) is 2.22. The van der Waals surface area contributed by atoms with Crippen LogP contribution >= 0.6 is 11.8 Å². The maximum absolute atomic E-state index is 5.48. The first-order valence-corrected chi connectivity index (χ1v) is 5.34. The van der Waals surface area contributed by atoms with Crippen molar-refractivity contribution < 1.29 is 0 Å². The monoisotopic (exact) mass is 181 g/mol. The predicted molar refractivity (Wildman–Crippen MR) is 55.7 cm³/mol. The van der Waals surface area contributed by atoms with Gasteiger partial charge in [-0.25, -0.2) is 0 Å². The Kier molecular flexibility index (Phi) is 3.63. The second kappa shape index (κ2) is 4.53. The van der Waals surface area contributed by atoms with E-state index in [9.17, 15) is 0 Å². The molecule has 0 fully saturated rings. The van der Waals surface area contributed by atoms with Gasteiger partial charge in [0.25, 0.3) is 0 Å². The van der Waals surface area contributed by atoms with E-state index in [1.165, 1.54) is 16.0 Å². The van der Waals surface area contributed by atoms with Crippen LogP contribution in [0.1, 0.15) is 11.1 Å². The van der Waals surface area contributed by atoms with Gasteiger partial charge in [0.1, 0.15) is 0 Å². The summed E-state index contributed by atoms with van der Waals surface area (Å²) in [5.41, 5.74) is 8.17.